The van der Waals surface area contributed by atoms with Gasteiger partial charge in [0.1, 0.15) is 13.2 Å². The number of esters is 3. The van der Waals surface area contributed by atoms with E-state index in [9.17, 15) is 14.4 Å². The lowest BCUT2D eigenvalue weighted by Gasteiger charge is -2.18. The molecule has 0 spiro atoms. The summed E-state index contributed by atoms with van der Waals surface area (Å²) in [4.78, 5) is 37.8. The van der Waals surface area contributed by atoms with Gasteiger partial charge in [0, 0.05) is 19.3 Å². The van der Waals surface area contributed by atoms with E-state index in [-0.39, 0.29) is 37.5 Å². The Bertz CT molecular complexity index is 1330. The van der Waals surface area contributed by atoms with Crippen LogP contribution in [0.2, 0.25) is 0 Å². The van der Waals surface area contributed by atoms with Crippen molar-refractivity contribution in [3.8, 4) is 0 Å². The Morgan fingerprint density at radius 3 is 0.970 bits per heavy atom. The third-order valence-electron chi connectivity index (χ3n) is 11.3. The fraction of sp³-hybridized carbons (Fsp3) is 0.683. The molecule has 0 amide bonds. The molecule has 376 valence electrons. The lowest BCUT2D eigenvalue weighted by molar-refractivity contribution is -0.167. The highest BCUT2D eigenvalue weighted by Crippen LogP contribution is 2.14. The molecule has 0 aromatic rings. The maximum Gasteiger partial charge on any atom is 0.306 e. The molecule has 0 N–H and O–H groups in total. The van der Waals surface area contributed by atoms with E-state index < -0.39 is 6.10 Å². The van der Waals surface area contributed by atoms with Gasteiger partial charge in [-0.2, -0.15) is 0 Å². The smallest absolute Gasteiger partial charge is 0.306 e. The Morgan fingerprint density at radius 2 is 0.606 bits per heavy atom. The van der Waals surface area contributed by atoms with Crippen LogP contribution in [0.25, 0.3) is 0 Å². The van der Waals surface area contributed by atoms with Crippen molar-refractivity contribution in [1.82, 2.24) is 0 Å². The molecule has 0 saturated carbocycles. The van der Waals surface area contributed by atoms with Gasteiger partial charge in [-0.25, -0.2) is 0 Å². The van der Waals surface area contributed by atoms with Crippen molar-refractivity contribution in [2.45, 2.75) is 252 Å². The minimum Gasteiger partial charge on any atom is -0.462 e. The van der Waals surface area contributed by atoms with E-state index in [1.807, 2.05) is 0 Å². The van der Waals surface area contributed by atoms with Gasteiger partial charge in [0.05, 0.1) is 0 Å². The number of carbonyl (C=O) groups is 3. The first-order chi connectivity index (χ1) is 32.5. The second kappa shape index (κ2) is 53.9. The van der Waals surface area contributed by atoms with Crippen LogP contribution in [0.5, 0.6) is 0 Å². The summed E-state index contributed by atoms with van der Waals surface area (Å²) in [5.74, 6) is -0.977. The summed E-state index contributed by atoms with van der Waals surface area (Å²) in [5, 5.41) is 0. The largest absolute Gasteiger partial charge is 0.462 e. The van der Waals surface area contributed by atoms with Gasteiger partial charge in [-0.3, -0.25) is 14.4 Å². The molecule has 0 aliphatic rings. The number of ether oxygens (including phenoxy) is 3. The Morgan fingerprint density at radius 1 is 0.318 bits per heavy atom. The first kappa shape index (κ1) is 62.3. The highest BCUT2D eigenvalue weighted by atomic mass is 16.6. The summed E-state index contributed by atoms with van der Waals surface area (Å²) < 4.78 is 16.7. The van der Waals surface area contributed by atoms with Gasteiger partial charge >= 0.3 is 17.9 Å². The van der Waals surface area contributed by atoms with Crippen molar-refractivity contribution in [3.63, 3.8) is 0 Å². The van der Waals surface area contributed by atoms with Crippen LogP contribution in [0.1, 0.15) is 245 Å². The van der Waals surface area contributed by atoms with Crippen LogP contribution in [0, 0.1) is 0 Å². The molecule has 6 heteroatoms. The highest BCUT2D eigenvalue weighted by molar-refractivity contribution is 5.71. The van der Waals surface area contributed by atoms with Crippen LogP contribution in [0.4, 0.5) is 0 Å². The Hall–Kier alpha value is -3.67. The summed E-state index contributed by atoms with van der Waals surface area (Å²) in [7, 11) is 0. The molecule has 0 rings (SSSR count). The molecule has 0 aliphatic heterocycles. The number of unbranched alkanes of at least 4 members (excludes halogenated alkanes) is 21. The number of carbonyl (C=O) groups excluding carboxylic acids is 3. The summed E-state index contributed by atoms with van der Waals surface area (Å²) >= 11 is 0. The molecule has 0 saturated heterocycles. The minimum atomic E-state index is -0.806. The first-order valence-electron chi connectivity index (χ1n) is 27.2. The average molecular weight is 917 g/mol. The van der Waals surface area contributed by atoms with Crippen molar-refractivity contribution >= 4 is 17.9 Å². The Balaban J connectivity index is 4.23. The van der Waals surface area contributed by atoms with Crippen molar-refractivity contribution in [2.24, 2.45) is 0 Å². The maximum atomic E-state index is 12.7. The Labute approximate surface area is 407 Å². The van der Waals surface area contributed by atoms with Gasteiger partial charge in [-0.05, 0) is 96.3 Å². The van der Waals surface area contributed by atoms with Gasteiger partial charge in [-0.15, -0.1) is 0 Å². The van der Waals surface area contributed by atoms with Gasteiger partial charge in [0.2, 0.25) is 0 Å². The van der Waals surface area contributed by atoms with E-state index in [1.165, 1.54) is 109 Å². The predicted octanol–water partition coefficient (Wildman–Crippen LogP) is 18.1. The molecule has 0 aromatic carbocycles. The third-order valence-corrected chi connectivity index (χ3v) is 11.3. The molecule has 0 bridgehead atoms. The van der Waals surface area contributed by atoms with Crippen molar-refractivity contribution in [2.75, 3.05) is 13.2 Å². The molecular formula is C60H100O6. The van der Waals surface area contributed by atoms with E-state index in [0.717, 1.165) is 89.9 Å². The van der Waals surface area contributed by atoms with Gasteiger partial charge in [0.15, 0.2) is 6.10 Å². The predicted molar refractivity (Wildman–Crippen MR) is 284 cm³/mol. The zero-order valence-electron chi connectivity index (χ0n) is 42.9. The zero-order chi connectivity index (χ0) is 47.9. The van der Waals surface area contributed by atoms with E-state index in [0.29, 0.717) is 19.3 Å². The van der Waals surface area contributed by atoms with Crippen LogP contribution in [0.15, 0.2) is 97.2 Å². The molecule has 1 atom stereocenters. The highest BCUT2D eigenvalue weighted by Gasteiger charge is 2.19. The number of hydrogen-bond donors (Lipinski definition) is 0. The lowest BCUT2D eigenvalue weighted by atomic mass is 10.1. The maximum absolute atomic E-state index is 12.7. The monoisotopic (exact) mass is 917 g/mol. The van der Waals surface area contributed by atoms with E-state index in [4.69, 9.17) is 14.2 Å². The van der Waals surface area contributed by atoms with Crippen molar-refractivity contribution in [1.29, 1.82) is 0 Å². The number of hydrogen-bond acceptors (Lipinski definition) is 6. The van der Waals surface area contributed by atoms with E-state index >= 15 is 0 Å². The first-order valence-corrected chi connectivity index (χ1v) is 27.2. The van der Waals surface area contributed by atoms with Gasteiger partial charge in [-0.1, -0.05) is 227 Å². The lowest BCUT2D eigenvalue weighted by Crippen LogP contribution is -2.30. The summed E-state index contributed by atoms with van der Waals surface area (Å²) in [6, 6.07) is 0. The minimum absolute atomic E-state index is 0.102. The molecule has 0 fully saturated rings. The van der Waals surface area contributed by atoms with Crippen molar-refractivity contribution in [3.05, 3.63) is 97.2 Å². The average Bonchev–Trinajstić information content (AvgIpc) is 3.31. The van der Waals surface area contributed by atoms with Crippen LogP contribution in [0.3, 0.4) is 0 Å². The molecule has 66 heavy (non-hydrogen) atoms. The molecule has 0 aromatic heterocycles. The second-order valence-electron chi connectivity index (χ2n) is 17.8. The number of rotatable bonds is 48. The zero-order valence-corrected chi connectivity index (χ0v) is 42.9. The Kier molecular flexibility index (Phi) is 50.9. The fourth-order valence-electron chi connectivity index (χ4n) is 7.25. The van der Waals surface area contributed by atoms with Crippen molar-refractivity contribution < 1.29 is 28.6 Å². The fourth-order valence-corrected chi connectivity index (χ4v) is 7.25. The van der Waals surface area contributed by atoms with Crippen LogP contribution in [-0.4, -0.2) is 37.2 Å². The molecule has 0 radical (unpaired) electrons. The SMILES string of the molecule is CC/C=C\C/C=C\C/C=C\C/C=C\C/C=C\CCCC(=O)OC(COC(=O)CCCCCCCC)COC(=O)CCCCCCCCCCCC/C=C\C/C=C\C/C=C\CCCCCCC. The molecule has 1 unspecified atom stereocenters. The van der Waals surface area contributed by atoms with E-state index in [1.54, 1.807) is 0 Å². The third kappa shape index (κ3) is 51.3. The molecular weight excluding hydrogens is 817 g/mol. The summed E-state index contributed by atoms with van der Waals surface area (Å²) in [5.41, 5.74) is 0. The summed E-state index contributed by atoms with van der Waals surface area (Å²) in [6.45, 7) is 6.40. The second-order valence-corrected chi connectivity index (χ2v) is 17.8. The van der Waals surface area contributed by atoms with Crippen LogP contribution < -0.4 is 0 Å². The quantitative estimate of drug-likeness (QED) is 0.0262. The van der Waals surface area contributed by atoms with Crippen LogP contribution in [-0.2, 0) is 28.6 Å². The topological polar surface area (TPSA) is 78.9 Å². The van der Waals surface area contributed by atoms with Gasteiger partial charge in [0.25, 0.3) is 0 Å². The van der Waals surface area contributed by atoms with Gasteiger partial charge < -0.3 is 14.2 Å². The van der Waals surface area contributed by atoms with Crippen LogP contribution >= 0.6 is 0 Å². The normalized spacial score (nSPS) is 12.8. The molecule has 0 aliphatic carbocycles. The number of allylic oxidation sites excluding steroid dienone is 16. The standard InChI is InChI=1S/C60H100O6/c1-4-7-10-13-16-18-20-22-24-26-27-28-29-30-31-32-33-35-36-38-40-42-44-47-50-53-59(62)65-56-57(55-64-58(61)52-49-46-15-12-9-6-3)66-60(63)54-51-48-45-43-41-39-37-34-25-23-21-19-17-14-11-8-5-2/h8,11,17,19-20,22-23,25-27,29-30,37,39,43,45,57H,4-7,9-10,12-16,18,21,24,28,31-36,38,40-42,44,46-56H2,1-3H3/b11-8-,19-17-,22-20-,25-23-,27-26-,30-29-,39-37-,45-43-. The molecule has 0 heterocycles. The summed E-state index contributed by atoms with van der Waals surface area (Å²) in [6.07, 6.45) is 71.5. The molecule has 6 nitrogen and oxygen atoms in total. The van der Waals surface area contributed by atoms with E-state index in [2.05, 4.69) is 118 Å².